The number of rotatable bonds is 7. The molecular formula is C26H45NO7S. The minimum absolute atomic E-state index is 0.0557. The lowest BCUT2D eigenvalue weighted by atomic mass is 9.43. The second kappa shape index (κ2) is 9.86. The van der Waals surface area contributed by atoms with Crippen molar-refractivity contribution < 1.29 is 33.1 Å². The van der Waals surface area contributed by atoms with Crippen LogP contribution in [0.4, 0.5) is 0 Å². The lowest BCUT2D eigenvalue weighted by Gasteiger charge is -2.62. The van der Waals surface area contributed by atoms with E-state index in [1.54, 1.807) is 0 Å². The Kier molecular flexibility index (Phi) is 7.69. The maximum atomic E-state index is 12.3. The number of fused-ring (bicyclic) bond motifs is 5. The number of amides is 1. The molecule has 0 saturated heterocycles. The van der Waals surface area contributed by atoms with Crippen molar-refractivity contribution in [2.24, 2.45) is 46.3 Å². The molecule has 0 aromatic carbocycles. The monoisotopic (exact) mass is 515 g/mol. The highest BCUT2D eigenvalue weighted by Gasteiger charge is 2.62. The Morgan fingerprint density at radius 1 is 1.03 bits per heavy atom. The normalized spacial score (nSPS) is 45.1. The van der Waals surface area contributed by atoms with Crippen molar-refractivity contribution in [1.29, 1.82) is 0 Å². The molecule has 0 heterocycles. The summed E-state index contributed by atoms with van der Waals surface area (Å²) in [6, 6.07) is 0. The molecule has 11 atom stereocenters. The molecule has 0 radical (unpaired) electrons. The zero-order chi connectivity index (χ0) is 25.8. The first-order valence-corrected chi connectivity index (χ1v) is 15.1. The van der Waals surface area contributed by atoms with Crippen LogP contribution in [0.1, 0.15) is 78.6 Å². The molecule has 0 aromatic rings. The van der Waals surface area contributed by atoms with Crippen LogP contribution in [0.15, 0.2) is 0 Å². The van der Waals surface area contributed by atoms with Crippen molar-refractivity contribution in [1.82, 2.24) is 5.32 Å². The van der Waals surface area contributed by atoms with E-state index < -0.39 is 27.9 Å². The van der Waals surface area contributed by atoms with Crippen LogP contribution in [0.2, 0.25) is 0 Å². The highest BCUT2D eigenvalue weighted by atomic mass is 32.2. The Balaban J connectivity index is 1.42. The van der Waals surface area contributed by atoms with Gasteiger partial charge in [0.1, 0.15) is 6.10 Å². The number of hydrogen-bond donors (Lipinski definition) is 5. The lowest BCUT2D eigenvalue weighted by Crippen LogP contribution is -2.58. The van der Waals surface area contributed by atoms with Gasteiger partial charge in [0.2, 0.25) is 5.91 Å². The molecular weight excluding hydrogens is 470 g/mol. The number of carbonyl (C=O) groups is 1. The molecule has 4 fully saturated rings. The topological polar surface area (TPSA) is 144 Å². The van der Waals surface area contributed by atoms with Gasteiger partial charge in [0.25, 0.3) is 10.1 Å². The van der Waals surface area contributed by atoms with E-state index >= 15 is 0 Å². The summed E-state index contributed by atoms with van der Waals surface area (Å²) in [4.78, 5) is 12.3. The fraction of sp³-hybridized carbons (Fsp3) is 0.962. The summed E-state index contributed by atoms with van der Waals surface area (Å²) in [6.45, 7) is 6.62. The first kappa shape index (κ1) is 27.3. The Labute approximate surface area is 210 Å². The van der Waals surface area contributed by atoms with Crippen molar-refractivity contribution in [3.63, 3.8) is 0 Å². The van der Waals surface area contributed by atoms with Crippen molar-refractivity contribution in [3.8, 4) is 0 Å². The maximum absolute atomic E-state index is 12.3. The smallest absolute Gasteiger partial charge is 0.266 e. The number of aliphatic hydroxyl groups excluding tert-OH is 3. The zero-order valence-electron chi connectivity index (χ0n) is 21.4. The third-order valence-corrected chi connectivity index (χ3v) is 11.7. The summed E-state index contributed by atoms with van der Waals surface area (Å²) in [7, 11) is -4.16. The first-order valence-electron chi connectivity index (χ1n) is 13.5. The van der Waals surface area contributed by atoms with Gasteiger partial charge in [-0.3, -0.25) is 9.35 Å². The molecule has 8 nitrogen and oxygen atoms in total. The molecule has 0 spiro atoms. The molecule has 0 aliphatic heterocycles. The van der Waals surface area contributed by atoms with Crippen LogP contribution in [-0.4, -0.2) is 64.8 Å². The van der Waals surface area contributed by atoms with Gasteiger partial charge in [-0.05, 0) is 104 Å². The van der Waals surface area contributed by atoms with Gasteiger partial charge in [0, 0.05) is 6.54 Å². The van der Waals surface area contributed by atoms with Crippen molar-refractivity contribution in [2.45, 2.75) is 96.9 Å². The molecule has 35 heavy (non-hydrogen) atoms. The van der Waals surface area contributed by atoms with Crippen molar-refractivity contribution >= 4 is 16.0 Å². The van der Waals surface area contributed by atoms with E-state index in [0.29, 0.717) is 30.1 Å². The number of nitrogens with one attached hydrogen (secondary N) is 1. The Hall–Kier alpha value is -0.740. The van der Waals surface area contributed by atoms with Crippen LogP contribution in [0.3, 0.4) is 0 Å². The second-order valence-electron chi connectivity index (χ2n) is 12.8. The lowest BCUT2D eigenvalue weighted by molar-refractivity contribution is -0.174. The third-order valence-electron chi connectivity index (χ3n) is 11.0. The molecule has 0 aromatic heterocycles. The predicted molar refractivity (Wildman–Crippen MR) is 132 cm³/mol. The van der Waals surface area contributed by atoms with E-state index in [4.69, 9.17) is 4.55 Å². The molecule has 4 aliphatic rings. The molecule has 9 heteroatoms. The average Bonchev–Trinajstić information content (AvgIpc) is 3.11. The van der Waals surface area contributed by atoms with Gasteiger partial charge in [0.15, 0.2) is 0 Å². The van der Waals surface area contributed by atoms with E-state index in [0.717, 1.165) is 51.4 Å². The van der Waals surface area contributed by atoms with Crippen LogP contribution in [0, 0.1) is 46.3 Å². The van der Waals surface area contributed by atoms with Gasteiger partial charge in [-0.2, -0.15) is 8.42 Å². The Morgan fingerprint density at radius 3 is 2.37 bits per heavy atom. The summed E-state index contributed by atoms with van der Waals surface area (Å²) in [5.41, 5.74) is 0.241. The first-order chi connectivity index (χ1) is 16.3. The standard InChI is InChI=1S/C26H45NO7S/c1-15(12-22(30)24(31)27-10-11-35(32,33)34)18-4-5-19-23-20(7-9-26(18,19)3)25(2)8-6-17(28)13-16(25)14-21(23)29/h15-23,28-30H,4-14H2,1-3H3,(H,27,31)(H,32,33,34)/t15-,16+,17-,18-,19?,20?,21+,22?,23?,25+,26-/m1/s1. The largest absolute Gasteiger partial charge is 0.393 e. The van der Waals surface area contributed by atoms with Crippen molar-refractivity contribution in [2.75, 3.05) is 12.3 Å². The van der Waals surface area contributed by atoms with Gasteiger partial charge < -0.3 is 20.6 Å². The van der Waals surface area contributed by atoms with Crippen molar-refractivity contribution in [3.05, 3.63) is 0 Å². The highest BCUT2D eigenvalue weighted by Crippen LogP contribution is 2.68. The summed E-state index contributed by atoms with van der Waals surface area (Å²) in [6.07, 6.45) is 6.25. The predicted octanol–water partition coefficient (Wildman–Crippen LogP) is 2.37. The van der Waals surface area contributed by atoms with Crippen LogP contribution in [-0.2, 0) is 14.9 Å². The van der Waals surface area contributed by atoms with Crippen LogP contribution in [0.5, 0.6) is 0 Å². The average molecular weight is 516 g/mol. The molecule has 1 amide bonds. The SMILES string of the molecule is C[C@H](CC(O)C(=O)NCCS(=O)(=O)O)[C@H]1CCC2C3C(CC[C@@]21C)[C@@]1(C)CC[C@@H](O)C[C@H]1C[C@@H]3O. The van der Waals surface area contributed by atoms with Crippen LogP contribution >= 0.6 is 0 Å². The zero-order valence-corrected chi connectivity index (χ0v) is 22.2. The number of aliphatic hydroxyl groups is 3. The van der Waals surface area contributed by atoms with E-state index in [1.807, 2.05) is 0 Å². The van der Waals surface area contributed by atoms with Crippen LogP contribution in [0.25, 0.3) is 0 Å². The Morgan fingerprint density at radius 2 is 1.69 bits per heavy atom. The maximum Gasteiger partial charge on any atom is 0.266 e. The number of carbonyl (C=O) groups excluding carboxylic acids is 1. The van der Waals surface area contributed by atoms with E-state index in [1.165, 1.54) is 0 Å². The highest BCUT2D eigenvalue weighted by molar-refractivity contribution is 7.85. The summed E-state index contributed by atoms with van der Waals surface area (Å²) in [5.74, 6) is 0.840. The quantitative estimate of drug-likeness (QED) is 0.327. The summed E-state index contributed by atoms with van der Waals surface area (Å²) < 4.78 is 30.5. The van der Waals surface area contributed by atoms with Gasteiger partial charge >= 0.3 is 0 Å². The molecule has 4 aliphatic carbocycles. The van der Waals surface area contributed by atoms with Crippen LogP contribution < -0.4 is 5.32 Å². The second-order valence-corrected chi connectivity index (χ2v) is 14.3. The van der Waals surface area contributed by atoms with Gasteiger partial charge in [-0.1, -0.05) is 20.8 Å². The fourth-order valence-corrected chi connectivity index (χ4v) is 9.58. The molecule has 4 saturated carbocycles. The van der Waals surface area contributed by atoms with E-state index in [-0.39, 0.29) is 41.4 Å². The summed E-state index contributed by atoms with van der Waals surface area (Å²) >= 11 is 0. The van der Waals surface area contributed by atoms with Gasteiger partial charge in [-0.15, -0.1) is 0 Å². The van der Waals surface area contributed by atoms with Gasteiger partial charge in [0.05, 0.1) is 18.0 Å². The molecule has 0 bridgehead atoms. The molecule has 4 rings (SSSR count). The van der Waals surface area contributed by atoms with Gasteiger partial charge in [-0.25, -0.2) is 0 Å². The third kappa shape index (κ3) is 5.17. The molecule has 202 valence electrons. The minimum Gasteiger partial charge on any atom is -0.393 e. The van der Waals surface area contributed by atoms with E-state index in [2.05, 4.69) is 26.1 Å². The Bertz CT molecular complexity index is 896. The fourth-order valence-electron chi connectivity index (χ4n) is 9.22. The summed E-state index contributed by atoms with van der Waals surface area (Å²) in [5, 5.41) is 34.5. The minimum atomic E-state index is -4.16. The van der Waals surface area contributed by atoms with E-state index in [9.17, 15) is 28.5 Å². The number of hydrogen-bond acceptors (Lipinski definition) is 6. The molecule has 5 N–H and O–H groups in total. The molecule has 4 unspecified atom stereocenters.